The van der Waals surface area contributed by atoms with Gasteiger partial charge in [-0.05, 0) is 24.3 Å². The van der Waals surface area contributed by atoms with Gasteiger partial charge in [0.25, 0.3) is 5.69 Å². The SMILES string of the molecule is COc1ccc(Sc2ccc([N+](=O)[O-])cc2F)cc1OC. The summed E-state index contributed by atoms with van der Waals surface area (Å²) in [4.78, 5) is 11.0. The summed E-state index contributed by atoms with van der Waals surface area (Å²) in [5.74, 6) is 0.472. The molecule has 2 rings (SSSR count). The first kappa shape index (κ1) is 15.1. The molecule has 0 unspecified atom stereocenters. The van der Waals surface area contributed by atoms with E-state index < -0.39 is 10.7 Å². The average molecular weight is 309 g/mol. The topological polar surface area (TPSA) is 61.6 Å². The lowest BCUT2D eigenvalue weighted by Crippen LogP contribution is -1.91. The van der Waals surface area contributed by atoms with Crippen LogP contribution in [0.15, 0.2) is 46.2 Å². The zero-order valence-corrected chi connectivity index (χ0v) is 12.1. The second kappa shape index (κ2) is 6.45. The van der Waals surface area contributed by atoms with Crippen LogP contribution in [0.2, 0.25) is 0 Å². The monoisotopic (exact) mass is 309 g/mol. The number of ether oxygens (including phenoxy) is 2. The summed E-state index contributed by atoms with van der Waals surface area (Å²) in [6.07, 6.45) is 0. The Morgan fingerprint density at radius 3 is 2.38 bits per heavy atom. The first-order valence-electron chi connectivity index (χ1n) is 5.89. The third-order valence-corrected chi connectivity index (χ3v) is 3.75. The molecule has 0 saturated heterocycles. The second-order valence-electron chi connectivity index (χ2n) is 3.99. The number of halogens is 1. The van der Waals surface area contributed by atoms with Crippen LogP contribution in [-0.2, 0) is 0 Å². The third-order valence-electron chi connectivity index (χ3n) is 2.71. The van der Waals surface area contributed by atoms with E-state index in [1.807, 2.05) is 0 Å². The predicted molar refractivity (Wildman–Crippen MR) is 76.7 cm³/mol. The smallest absolute Gasteiger partial charge is 0.272 e. The van der Waals surface area contributed by atoms with Gasteiger partial charge in [0.1, 0.15) is 5.82 Å². The molecule has 0 atom stereocenters. The van der Waals surface area contributed by atoms with E-state index in [1.54, 1.807) is 18.2 Å². The number of nitro benzene ring substituents is 1. The molecular formula is C14H12FNO4S. The fraction of sp³-hybridized carbons (Fsp3) is 0.143. The van der Waals surface area contributed by atoms with Crippen molar-refractivity contribution < 1.29 is 18.8 Å². The van der Waals surface area contributed by atoms with E-state index in [9.17, 15) is 14.5 Å². The maximum absolute atomic E-state index is 13.8. The number of hydrogen-bond acceptors (Lipinski definition) is 5. The van der Waals surface area contributed by atoms with Gasteiger partial charge in [0, 0.05) is 15.9 Å². The lowest BCUT2D eigenvalue weighted by atomic mass is 10.3. The number of nitro groups is 1. The van der Waals surface area contributed by atoms with Crippen LogP contribution in [0.5, 0.6) is 11.5 Å². The van der Waals surface area contributed by atoms with Gasteiger partial charge in [-0.15, -0.1) is 0 Å². The zero-order valence-electron chi connectivity index (χ0n) is 11.3. The van der Waals surface area contributed by atoms with Gasteiger partial charge < -0.3 is 9.47 Å². The molecule has 0 amide bonds. The van der Waals surface area contributed by atoms with Crippen LogP contribution in [-0.4, -0.2) is 19.1 Å². The Kier molecular flexibility index (Phi) is 4.64. The summed E-state index contributed by atoms with van der Waals surface area (Å²) in [7, 11) is 3.04. The standard InChI is InChI=1S/C14H12FNO4S/c1-19-12-5-4-10(8-13(12)20-2)21-14-6-3-9(16(17)18)7-11(14)15/h3-8H,1-2H3. The lowest BCUT2D eigenvalue weighted by Gasteiger charge is -2.09. The van der Waals surface area contributed by atoms with Crippen molar-refractivity contribution in [3.8, 4) is 11.5 Å². The van der Waals surface area contributed by atoms with Crippen LogP contribution in [0.4, 0.5) is 10.1 Å². The molecule has 0 saturated carbocycles. The van der Waals surface area contributed by atoms with Crippen LogP contribution in [0.3, 0.4) is 0 Å². The van der Waals surface area contributed by atoms with Crippen LogP contribution >= 0.6 is 11.8 Å². The highest BCUT2D eigenvalue weighted by molar-refractivity contribution is 7.99. The fourth-order valence-corrected chi connectivity index (χ4v) is 2.54. The normalized spacial score (nSPS) is 10.2. The van der Waals surface area contributed by atoms with E-state index in [0.29, 0.717) is 16.4 Å². The van der Waals surface area contributed by atoms with E-state index in [1.165, 1.54) is 26.4 Å². The van der Waals surface area contributed by atoms with E-state index in [0.717, 1.165) is 22.7 Å². The maximum atomic E-state index is 13.8. The van der Waals surface area contributed by atoms with Crippen molar-refractivity contribution in [3.63, 3.8) is 0 Å². The highest BCUT2D eigenvalue weighted by Gasteiger charge is 2.13. The molecule has 0 bridgehead atoms. The quantitative estimate of drug-likeness (QED) is 0.619. The summed E-state index contributed by atoms with van der Waals surface area (Å²) in [5.41, 5.74) is -0.274. The van der Waals surface area contributed by atoms with Crippen LogP contribution in [0.1, 0.15) is 0 Å². The van der Waals surface area contributed by atoms with Crippen molar-refractivity contribution in [2.24, 2.45) is 0 Å². The molecule has 0 radical (unpaired) electrons. The maximum Gasteiger partial charge on any atom is 0.272 e. The molecule has 5 nitrogen and oxygen atoms in total. The molecule has 0 aliphatic carbocycles. The van der Waals surface area contributed by atoms with E-state index in [-0.39, 0.29) is 5.69 Å². The van der Waals surface area contributed by atoms with Gasteiger partial charge in [-0.25, -0.2) is 4.39 Å². The number of nitrogens with zero attached hydrogens (tertiary/aromatic N) is 1. The summed E-state index contributed by atoms with van der Waals surface area (Å²) in [5, 5.41) is 10.6. The minimum absolute atomic E-state index is 0.274. The molecule has 0 aliphatic rings. The molecular weight excluding hydrogens is 297 g/mol. The fourth-order valence-electron chi connectivity index (χ4n) is 1.69. The molecule has 2 aromatic rings. The molecule has 0 heterocycles. The van der Waals surface area contributed by atoms with Gasteiger partial charge >= 0.3 is 0 Å². The van der Waals surface area contributed by atoms with Gasteiger partial charge in [-0.3, -0.25) is 10.1 Å². The largest absolute Gasteiger partial charge is 0.493 e. The Balaban J connectivity index is 2.28. The molecule has 0 aliphatic heterocycles. The number of rotatable bonds is 5. The number of hydrogen-bond donors (Lipinski definition) is 0. The van der Waals surface area contributed by atoms with E-state index in [4.69, 9.17) is 9.47 Å². The minimum Gasteiger partial charge on any atom is -0.493 e. The van der Waals surface area contributed by atoms with Crippen LogP contribution < -0.4 is 9.47 Å². The molecule has 2 aromatic carbocycles. The first-order chi connectivity index (χ1) is 10.0. The molecule has 21 heavy (non-hydrogen) atoms. The van der Waals surface area contributed by atoms with Crippen molar-refractivity contribution >= 4 is 17.4 Å². The van der Waals surface area contributed by atoms with Gasteiger partial charge in [-0.2, -0.15) is 0 Å². The van der Waals surface area contributed by atoms with Crippen molar-refractivity contribution in [1.29, 1.82) is 0 Å². The third kappa shape index (κ3) is 3.43. The lowest BCUT2D eigenvalue weighted by molar-refractivity contribution is -0.385. The Morgan fingerprint density at radius 1 is 1.10 bits per heavy atom. The van der Waals surface area contributed by atoms with Gasteiger partial charge in [0.05, 0.1) is 25.2 Å². The highest BCUT2D eigenvalue weighted by Crippen LogP contribution is 2.36. The highest BCUT2D eigenvalue weighted by atomic mass is 32.2. The first-order valence-corrected chi connectivity index (χ1v) is 6.70. The van der Waals surface area contributed by atoms with Gasteiger partial charge in [0.15, 0.2) is 11.5 Å². The Labute approximate surface area is 124 Å². The van der Waals surface area contributed by atoms with Crippen LogP contribution in [0.25, 0.3) is 0 Å². The molecule has 0 aromatic heterocycles. The van der Waals surface area contributed by atoms with Gasteiger partial charge in [-0.1, -0.05) is 11.8 Å². The Morgan fingerprint density at radius 2 is 1.81 bits per heavy atom. The second-order valence-corrected chi connectivity index (χ2v) is 5.11. The van der Waals surface area contributed by atoms with Crippen molar-refractivity contribution in [2.45, 2.75) is 9.79 Å². The predicted octanol–water partition coefficient (Wildman–Crippen LogP) is 3.90. The van der Waals surface area contributed by atoms with E-state index in [2.05, 4.69) is 0 Å². The number of benzene rings is 2. The van der Waals surface area contributed by atoms with E-state index >= 15 is 0 Å². The van der Waals surface area contributed by atoms with Crippen LogP contribution in [0, 0.1) is 15.9 Å². The summed E-state index contributed by atoms with van der Waals surface area (Å²) in [6, 6.07) is 8.74. The van der Waals surface area contributed by atoms with Crippen molar-refractivity contribution in [1.82, 2.24) is 0 Å². The summed E-state index contributed by atoms with van der Waals surface area (Å²) >= 11 is 1.15. The average Bonchev–Trinajstić information content (AvgIpc) is 2.48. The summed E-state index contributed by atoms with van der Waals surface area (Å²) < 4.78 is 24.1. The van der Waals surface area contributed by atoms with Gasteiger partial charge in [0.2, 0.25) is 0 Å². The molecule has 7 heteroatoms. The Bertz CT molecular complexity index is 678. The minimum atomic E-state index is -0.635. The molecule has 0 N–H and O–H groups in total. The van der Waals surface area contributed by atoms with Crippen molar-refractivity contribution in [3.05, 3.63) is 52.3 Å². The zero-order chi connectivity index (χ0) is 15.4. The number of non-ortho nitro benzene ring substituents is 1. The molecule has 0 fully saturated rings. The molecule has 0 spiro atoms. The van der Waals surface area contributed by atoms with Crippen molar-refractivity contribution in [2.75, 3.05) is 14.2 Å². The Hall–Kier alpha value is -2.28. The number of methoxy groups -OCH3 is 2. The summed E-state index contributed by atoms with van der Waals surface area (Å²) in [6.45, 7) is 0. The molecule has 110 valence electrons.